The van der Waals surface area contributed by atoms with Crippen molar-refractivity contribution in [2.45, 2.75) is 32.2 Å². The van der Waals surface area contributed by atoms with E-state index in [2.05, 4.69) is 11.1 Å². The number of pyridine rings is 1. The molecular formula is C17H21ClN4O2. The average molecular weight is 349 g/mol. The Bertz CT molecular complexity index is 667. The predicted octanol–water partition coefficient (Wildman–Crippen LogP) is 2.13. The summed E-state index contributed by atoms with van der Waals surface area (Å²) in [6.45, 7) is 4.96. The van der Waals surface area contributed by atoms with Crippen LogP contribution < -0.4 is 4.90 Å². The molecule has 2 saturated heterocycles. The molecule has 128 valence electrons. The van der Waals surface area contributed by atoms with Gasteiger partial charge in [-0.25, -0.2) is 4.98 Å². The molecule has 0 bridgehead atoms. The van der Waals surface area contributed by atoms with Gasteiger partial charge < -0.3 is 14.5 Å². The molecule has 24 heavy (non-hydrogen) atoms. The number of nitrogens with zero attached hydrogens (tertiary/aromatic N) is 4. The number of carbonyl (C=O) groups is 1. The third kappa shape index (κ3) is 3.19. The van der Waals surface area contributed by atoms with E-state index in [0.29, 0.717) is 48.3 Å². The number of halogens is 1. The van der Waals surface area contributed by atoms with E-state index in [1.807, 2.05) is 16.7 Å². The smallest absolute Gasteiger partial charge is 0.245 e. The van der Waals surface area contributed by atoms with E-state index in [-0.39, 0.29) is 11.9 Å². The zero-order valence-electron chi connectivity index (χ0n) is 13.8. The van der Waals surface area contributed by atoms with E-state index in [4.69, 9.17) is 16.3 Å². The number of morpholine rings is 1. The van der Waals surface area contributed by atoms with Gasteiger partial charge in [0.05, 0.1) is 23.8 Å². The molecule has 0 saturated carbocycles. The number of hydrogen-bond acceptors (Lipinski definition) is 5. The molecule has 2 aliphatic heterocycles. The van der Waals surface area contributed by atoms with E-state index in [9.17, 15) is 10.1 Å². The maximum atomic E-state index is 13.0. The normalized spacial score (nSPS) is 21.5. The second-order valence-corrected chi connectivity index (χ2v) is 6.59. The van der Waals surface area contributed by atoms with Gasteiger partial charge in [-0.1, -0.05) is 11.6 Å². The molecule has 0 radical (unpaired) electrons. The van der Waals surface area contributed by atoms with Crippen molar-refractivity contribution in [2.75, 3.05) is 37.7 Å². The lowest BCUT2D eigenvalue weighted by molar-refractivity contribution is -0.137. The SMILES string of the molecule is Cc1c(Cl)cnc(N2CCCC[C@H]2C(=O)N2CCOCC2)c1C#N. The van der Waals surface area contributed by atoms with Crippen molar-refractivity contribution in [2.24, 2.45) is 0 Å². The number of rotatable bonds is 2. The molecule has 0 spiro atoms. The maximum absolute atomic E-state index is 13.0. The van der Waals surface area contributed by atoms with Gasteiger partial charge in [0.2, 0.25) is 5.91 Å². The predicted molar refractivity (Wildman–Crippen MR) is 91.1 cm³/mol. The fourth-order valence-corrected chi connectivity index (χ4v) is 3.50. The first-order valence-electron chi connectivity index (χ1n) is 8.32. The van der Waals surface area contributed by atoms with Crippen LogP contribution in [-0.4, -0.2) is 54.7 Å². The van der Waals surface area contributed by atoms with Crippen molar-refractivity contribution >= 4 is 23.3 Å². The van der Waals surface area contributed by atoms with Gasteiger partial charge in [0.1, 0.15) is 17.9 Å². The molecule has 1 atom stereocenters. The van der Waals surface area contributed by atoms with Crippen molar-refractivity contribution in [1.29, 1.82) is 5.26 Å². The molecule has 2 aliphatic rings. The number of anilines is 1. The number of piperidine rings is 1. The Morgan fingerprint density at radius 2 is 2.12 bits per heavy atom. The van der Waals surface area contributed by atoms with E-state index >= 15 is 0 Å². The van der Waals surface area contributed by atoms with Crippen molar-refractivity contribution in [3.05, 3.63) is 22.3 Å². The maximum Gasteiger partial charge on any atom is 0.245 e. The number of carbonyl (C=O) groups excluding carboxylic acids is 1. The third-order valence-corrected chi connectivity index (χ3v) is 5.13. The molecule has 0 N–H and O–H groups in total. The minimum absolute atomic E-state index is 0.108. The van der Waals surface area contributed by atoms with Crippen LogP contribution in [0.2, 0.25) is 5.02 Å². The van der Waals surface area contributed by atoms with E-state index in [1.165, 1.54) is 0 Å². The summed E-state index contributed by atoms with van der Waals surface area (Å²) < 4.78 is 5.34. The van der Waals surface area contributed by atoms with Gasteiger partial charge in [-0.05, 0) is 31.7 Å². The molecule has 2 fully saturated rings. The van der Waals surface area contributed by atoms with Crippen LogP contribution in [0.3, 0.4) is 0 Å². The molecule has 1 aromatic rings. The second-order valence-electron chi connectivity index (χ2n) is 6.18. The molecule has 6 nitrogen and oxygen atoms in total. The highest BCUT2D eigenvalue weighted by Crippen LogP contribution is 2.31. The highest BCUT2D eigenvalue weighted by atomic mass is 35.5. The van der Waals surface area contributed by atoms with Crippen LogP contribution in [0.4, 0.5) is 5.82 Å². The topological polar surface area (TPSA) is 69.5 Å². The van der Waals surface area contributed by atoms with Gasteiger partial charge in [-0.2, -0.15) is 5.26 Å². The summed E-state index contributed by atoms with van der Waals surface area (Å²) in [6.07, 6.45) is 4.34. The number of amides is 1. The van der Waals surface area contributed by atoms with Gasteiger partial charge >= 0.3 is 0 Å². The van der Waals surface area contributed by atoms with Gasteiger partial charge in [-0.3, -0.25) is 4.79 Å². The van der Waals surface area contributed by atoms with Crippen LogP contribution in [0.5, 0.6) is 0 Å². The van der Waals surface area contributed by atoms with Gasteiger partial charge in [0, 0.05) is 25.8 Å². The molecule has 3 rings (SSSR count). The average Bonchev–Trinajstić information content (AvgIpc) is 2.64. The molecular weight excluding hydrogens is 328 g/mol. The zero-order chi connectivity index (χ0) is 17.1. The lowest BCUT2D eigenvalue weighted by Gasteiger charge is -2.39. The third-order valence-electron chi connectivity index (χ3n) is 4.75. The Hall–Kier alpha value is -1.84. The Labute approximate surface area is 147 Å². The summed E-state index contributed by atoms with van der Waals surface area (Å²) in [7, 11) is 0. The second kappa shape index (κ2) is 7.37. The summed E-state index contributed by atoms with van der Waals surface area (Å²) in [6, 6.07) is 1.94. The summed E-state index contributed by atoms with van der Waals surface area (Å²) in [5.41, 5.74) is 1.18. The molecule has 1 amide bonds. The van der Waals surface area contributed by atoms with Gasteiger partial charge in [0.15, 0.2) is 0 Å². The number of ether oxygens (including phenoxy) is 1. The van der Waals surface area contributed by atoms with Crippen LogP contribution in [0.25, 0.3) is 0 Å². The Balaban J connectivity index is 1.91. The number of nitriles is 1. The summed E-state index contributed by atoms with van der Waals surface area (Å²) >= 11 is 6.10. The number of aromatic nitrogens is 1. The molecule has 3 heterocycles. The first-order chi connectivity index (χ1) is 11.6. The fourth-order valence-electron chi connectivity index (χ4n) is 3.35. The minimum atomic E-state index is -0.267. The largest absolute Gasteiger partial charge is 0.378 e. The molecule has 0 aromatic carbocycles. The van der Waals surface area contributed by atoms with Crippen LogP contribution in [-0.2, 0) is 9.53 Å². The van der Waals surface area contributed by atoms with Gasteiger partial charge in [0.25, 0.3) is 0 Å². The van der Waals surface area contributed by atoms with Crippen molar-refractivity contribution in [1.82, 2.24) is 9.88 Å². The summed E-state index contributed by atoms with van der Waals surface area (Å²) in [4.78, 5) is 21.2. The fraction of sp³-hybridized carbons (Fsp3) is 0.588. The molecule has 7 heteroatoms. The van der Waals surface area contributed by atoms with Crippen LogP contribution in [0, 0.1) is 18.3 Å². The summed E-state index contributed by atoms with van der Waals surface area (Å²) in [5.74, 6) is 0.682. The van der Waals surface area contributed by atoms with E-state index in [0.717, 1.165) is 25.8 Å². The van der Waals surface area contributed by atoms with Crippen LogP contribution in [0.1, 0.15) is 30.4 Å². The highest BCUT2D eigenvalue weighted by Gasteiger charge is 2.34. The van der Waals surface area contributed by atoms with Gasteiger partial charge in [-0.15, -0.1) is 0 Å². The van der Waals surface area contributed by atoms with Crippen LogP contribution in [0.15, 0.2) is 6.20 Å². The highest BCUT2D eigenvalue weighted by molar-refractivity contribution is 6.31. The monoisotopic (exact) mass is 348 g/mol. The molecule has 1 aromatic heterocycles. The Kier molecular flexibility index (Phi) is 5.22. The standard InChI is InChI=1S/C17H21ClN4O2/c1-12-13(10-19)16(20-11-14(12)18)22-5-3-2-4-15(22)17(23)21-6-8-24-9-7-21/h11,15H,2-9H2,1H3/t15-/m0/s1. The quantitative estimate of drug-likeness (QED) is 0.819. The van der Waals surface area contributed by atoms with Crippen molar-refractivity contribution < 1.29 is 9.53 Å². The Morgan fingerprint density at radius 1 is 1.38 bits per heavy atom. The lowest BCUT2D eigenvalue weighted by atomic mass is 9.99. The molecule has 0 unspecified atom stereocenters. The minimum Gasteiger partial charge on any atom is -0.378 e. The van der Waals surface area contributed by atoms with Crippen LogP contribution >= 0.6 is 11.6 Å². The first kappa shape index (κ1) is 17.0. The zero-order valence-corrected chi connectivity index (χ0v) is 14.6. The number of hydrogen-bond donors (Lipinski definition) is 0. The Morgan fingerprint density at radius 3 is 2.83 bits per heavy atom. The van der Waals surface area contributed by atoms with E-state index in [1.54, 1.807) is 6.20 Å². The summed E-state index contributed by atoms with van der Waals surface area (Å²) in [5, 5.41) is 10.0. The molecule has 0 aliphatic carbocycles. The first-order valence-corrected chi connectivity index (χ1v) is 8.69. The lowest BCUT2D eigenvalue weighted by Crippen LogP contribution is -2.54. The van der Waals surface area contributed by atoms with E-state index < -0.39 is 0 Å². The van der Waals surface area contributed by atoms with Crippen molar-refractivity contribution in [3.8, 4) is 6.07 Å². The van der Waals surface area contributed by atoms with Crippen molar-refractivity contribution in [3.63, 3.8) is 0 Å².